The zero-order valence-corrected chi connectivity index (χ0v) is 13.1. The summed E-state index contributed by atoms with van der Waals surface area (Å²) in [5, 5.41) is 16.3. The number of carbonyl (C=O) groups is 1. The number of nitrogens with one attached hydrogen (secondary N) is 1. The van der Waals surface area contributed by atoms with Crippen LogP contribution >= 0.6 is 15.9 Å². The van der Waals surface area contributed by atoms with Crippen molar-refractivity contribution in [3.8, 4) is 5.82 Å². The summed E-state index contributed by atoms with van der Waals surface area (Å²) in [5.74, 6) is 1.26. The van der Waals surface area contributed by atoms with Crippen molar-refractivity contribution in [3.05, 3.63) is 23.5 Å². The Balaban J connectivity index is 1.71. The molecule has 1 saturated heterocycles. The van der Waals surface area contributed by atoms with Gasteiger partial charge in [-0.25, -0.2) is 24.4 Å². The molecule has 1 aliphatic heterocycles. The van der Waals surface area contributed by atoms with Crippen molar-refractivity contribution in [2.75, 3.05) is 18.4 Å². The van der Waals surface area contributed by atoms with E-state index in [-0.39, 0.29) is 6.04 Å². The predicted molar refractivity (Wildman–Crippen MR) is 80.9 cm³/mol. The highest BCUT2D eigenvalue weighted by molar-refractivity contribution is 9.10. The first-order valence-corrected chi connectivity index (χ1v) is 7.54. The summed E-state index contributed by atoms with van der Waals surface area (Å²) in [5.41, 5.74) is 0. The van der Waals surface area contributed by atoms with Crippen LogP contribution in [0, 0.1) is 0 Å². The molecule has 2 aromatic rings. The Morgan fingerprint density at radius 1 is 1.32 bits per heavy atom. The van der Waals surface area contributed by atoms with Crippen LogP contribution in [0.1, 0.15) is 12.8 Å². The van der Waals surface area contributed by atoms with E-state index in [0.29, 0.717) is 29.2 Å². The first kappa shape index (κ1) is 14.7. The van der Waals surface area contributed by atoms with Crippen molar-refractivity contribution in [2.45, 2.75) is 18.9 Å². The molecule has 0 aromatic carbocycles. The summed E-state index contributed by atoms with van der Waals surface area (Å²) in [4.78, 5) is 24.7. The van der Waals surface area contributed by atoms with Gasteiger partial charge in [0.15, 0.2) is 5.82 Å². The normalized spacial score (nSPS) is 15.8. The third kappa shape index (κ3) is 3.01. The standard InChI is InChI=1S/C12H14BrN7O2/c13-9-10(15-6-16-11(9)20-7-14-5-17-20)18-8-1-3-19(4-2-8)12(21)22/h5-8H,1-4H2,(H,21,22)(H,15,16,18). The number of piperidine rings is 1. The number of rotatable bonds is 3. The van der Waals surface area contributed by atoms with Crippen LogP contribution in [0.4, 0.5) is 10.6 Å². The van der Waals surface area contributed by atoms with Gasteiger partial charge in [0.2, 0.25) is 0 Å². The summed E-state index contributed by atoms with van der Waals surface area (Å²) in [6.45, 7) is 1.04. The van der Waals surface area contributed by atoms with Gasteiger partial charge in [-0.3, -0.25) is 0 Å². The van der Waals surface area contributed by atoms with Crippen LogP contribution in [0.15, 0.2) is 23.5 Å². The maximum Gasteiger partial charge on any atom is 0.407 e. The molecule has 1 fully saturated rings. The average Bonchev–Trinajstić information content (AvgIpc) is 3.04. The second-order valence-electron chi connectivity index (χ2n) is 4.89. The summed E-state index contributed by atoms with van der Waals surface area (Å²) in [6.07, 6.45) is 5.06. The van der Waals surface area contributed by atoms with Crippen LogP contribution < -0.4 is 5.32 Å². The Hall–Kier alpha value is -2.23. The van der Waals surface area contributed by atoms with Crippen molar-refractivity contribution in [3.63, 3.8) is 0 Å². The van der Waals surface area contributed by atoms with Gasteiger partial charge >= 0.3 is 6.09 Å². The van der Waals surface area contributed by atoms with E-state index in [1.54, 1.807) is 11.0 Å². The zero-order valence-electron chi connectivity index (χ0n) is 11.6. The lowest BCUT2D eigenvalue weighted by Crippen LogP contribution is -2.41. The number of amides is 1. The van der Waals surface area contributed by atoms with Gasteiger partial charge < -0.3 is 15.3 Å². The molecule has 0 radical (unpaired) electrons. The maximum absolute atomic E-state index is 10.9. The SMILES string of the molecule is O=C(O)N1CCC(Nc2ncnc(-n3cncn3)c2Br)CC1. The summed E-state index contributed by atoms with van der Waals surface area (Å²) in [7, 11) is 0. The van der Waals surface area contributed by atoms with E-state index >= 15 is 0 Å². The van der Waals surface area contributed by atoms with Gasteiger partial charge in [0, 0.05) is 19.1 Å². The first-order chi connectivity index (χ1) is 10.6. The molecule has 2 aromatic heterocycles. The van der Waals surface area contributed by atoms with Crippen molar-refractivity contribution < 1.29 is 9.90 Å². The minimum absolute atomic E-state index is 0.172. The molecule has 10 heteroatoms. The summed E-state index contributed by atoms with van der Waals surface area (Å²) >= 11 is 3.48. The number of likely N-dealkylation sites (tertiary alicyclic amines) is 1. The van der Waals surface area contributed by atoms with Gasteiger partial charge in [-0.2, -0.15) is 5.10 Å². The quantitative estimate of drug-likeness (QED) is 0.842. The summed E-state index contributed by atoms with van der Waals surface area (Å²) in [6, 6.07) is 0.172. The zero-order chi connectivity index (χ0) is 15.5. The fourth-order valence-corrected chi connectivity index (χ4v) is 2.85. The van der Waals surface area contributed by atoms with Crippen LogP contribution in [0.5, 0.6) is 0 Å². The van der Waals surface area contributed by atoms with E-state index in [2.05, 4.69) is 41.3 Å². The number of halogens is 1. The van der Waals surface area contributed by atoms with Crippen LogP contribution in [0.25, 0.3) is 5.82 Å². The lowest BCUT2D eigenvalue weighted by atomic mass is 10.1. The molecule has 22 heavy (non-hydrogen) atoms. The third-order valence-electron chi connectivity index (χ3n) is 3.51. The van der Waals surface area contributed by atoms with E-state index in [1.165, 1.54) is 17.6 Å². The lowest BCUT2D eigenvalue weighted by molar-refractivity contribution is 0.133. The fourth-order valence-electron chi connectivity index (χ4n) is 2.35. The van der Waals surface area contributed by atoms with Gasteiger partial charge in [-0.15, -0.1) is 0 Å². The average molecular weight is 368 g/mol. The highest BCUT2D eigenvalue weighted by atomic mass is 79.9. The minimum atomic E-state index is -0.866. The summed E-state index contributed by atoms with van der Waals surface area (Å²) < 4.78 is 2.24. The molecule has 116 valence electrons. The van der Waals surface area contributed by atoms with Crippen LogP contribution in [-0.4, -0.2) is 60.0 Å². The Labute approximate surface area is 134 Å². The molecule has 2 N–H and O–H groups in total. The first-order valence-electron chi connectivity index (χ1n) is 6.75. The molecule has 3 heterocycles. The Kier molecular flexibility index (Phi) is 4.18. The molecule has 0 spiro atoms. The van der Waals surface area contributed by atoms with Crippen molar-refractivity contribution in [2.24, 2.45) is 0 Å². The second-order valence-corrected chi connectivity index (χ2v) is 5.68. The highest BCUT2D eigenvalue weighted by Crippen LogP contribution is 2.26. The number of hydrogen-bond donors (Lipinski definition) is 2. The van der Waals surface area contributed by atoms with E-state index < -0.39 is 6.09 Å². The topological polar surface area (TPSA) is 109 Å². The van der Waals surface area contributed by atoms with E-state index in [9.17, 15) is 4.79 Å². The van der Waals surface area contributed by atoms with Crippen molar-refractivity contribution >= 4 is 27.8 Å². The van der Waals surface area contributed by atoms with Crippen LogP contribution in [0.3, 0.4) is 0 Å². The van der Waals surface area contributed by atoms with Gasteiger partial charge in [0.1, 0.15) is 29.3 Å². The van der Waals surface area contributed by atoms with E-state index in [1.807, 2.05) is 0 Å². The van der Waals surface area contributed by atoms with Crippen LogP contribution in [0.2, 0.25) is 0 Å². The van der Waals surface area contributed by atoms with E-state index in [0.717, 1.165) is 12.8 Å². The van der Waals surface area contributed by atoms with Gasteiger partial charge in [-0.05, 0) is 28.8 Å². The predicted octanol–water partition coefficient (Wildman–Crippen LogP) is 1.37. The van der Waals surface area contributed by atoms with Crippen molar-refractivity contribution in [1.29, 1.82) is 0 Å². The molecule has 0 unspecified atom stereocenters. The van der Waals surface area contributed by atoms with Gasteiger partial charge in [0.05, 0.1) is 0 Å². The number of nitrogens with zero attached hydrogens (tertiary/aromatic N) is 6. The molecule has 0 atom stereocenters. The number of carboxylic acid groups (broad SMARTS) is 1. The number of aromatic nitrogens is 5. The fraction of sp³-hybridized carbons (Fsp3) is 0.417. The maximum atomic E-state index is 10.9. The third-order valence-corrected chi connectivity index (χ3v) is 4.24. The largest absolute Gasteiger partial charge is 0.465 e. The Bertz CT molecular complexity index is 655. The van der Waals surface area contributed by atoms with Crippen LogP contribution in [-0.2, 0) is 0 Å². The second kappa shape index (κ2) is 6.26. The molecular formula is C12H14BrN7O2. The lowest BCUT2D eigenvalue weighted by Gasteiger charge is -2.30. The number of anilines is 1. The molecule has 9 nitrogen and oxygen atoms in total. The molecule has 0 aliphatic carbocycles. The smallest absolute Gasteiger partial charge is 0.407 e. The van der Waals surface area contributed by atoms with Crippen molar-refractivity contribution in [1.82, 2.24) is 29.6 Å². The molecule has 0 bridgehead atoms. The monoisotopic (exact) mass is 367 g/mol. The minimum Gasteiger partial charge on any atom is -0.465 e. The molecule has 1 aliphatic rings. The molecule has 3 rings (SSSR count). The highest BCUT2D eigenvalue weighted by Gasteiger charge is 2.23. The van der Waals surface area contributed by atoms with E-state index in [4.69, 9.17) is 5.11 Å². The molecule has 0 saturated carbocycles. The van der Waals surface area contributed by atoms with Gasteiger partial charge in [0.25, 0.3) is 0 Å². The molecular weight excluding hydrogens is 354 g/mol. The Morgan fingerprint density at radius 2 is 2.09 bits per heavy atom. The van der Waals surface area contributed by atoms with Gasteiger partial charge in [-0.1, -0.05) is 0 Å². The number of hydrogen-bond acceptors (Lipinski definition) is 6. The Morgan fingerprint density at radius 3 is 2.73 bits per heavy atom. The molecule has 1 amide bonds.